The van der Waals surface area contributed by atoms with Crippen LogP contribution in [0.3, 0.4) is 0 Å². The molecular weight excluding hydrogens is 545 g/mol. The van der Waals surface area contributed by atoms with Crippen LogP contribution in [0.5, 0.6) is 0 Å². The van der Waals surface area contributed by atoms with Crippen LogP contribution in [-0.2, 0) is 17.8 Å². The molecule has 0 bridgehead atoms. The van der Waals surface area contributed by atoms with Gasteiger partial charge in [-0.05, 0) is 47.7 Å². The van der Waals surface area contributed by atoms with Crippen molar-refractivity contribution in [3.8, 4) is 0 Å². The van der Waals surface area contributed by atoms with E-state index in [4.69, 9.17) is 4.98 Å². The molecule has 0 saturated carbocycles. The molecule has 0 aliphatic heterocycles. The maximum Gasteiger partial charge on any atom is 0.220 e. The Morgan fingerprint density at radius 3 is 2.33 bits per heavy atom. The molecule has 6 rings (SSSR count). The lowest BCUT2D eigenvalue weighted by Crippen LogP contribution is -2.29. The number of carbonyl (C=O) groups is 1. The fourth-order valence-electron chi connectivity index (χ4n) is 5.13. The fraction of sp³-hybridized carbons (Fsp3) is 0.176. The van der Waals surface area contributed by atoms with E-state index in [0.29, 0.717) is 30.3 Å². The molecule has 0 spiro atoms. The predicted octanol–water partition coefficient (Wildman–Crippen LogP) is 7.14. The Morgan fingerprint density at radius 1 is 0.833 bits per heavy atom. The van der Waals surface area contributed by atoms with Crippen molar-refractivity contribution in [2.75, 3.05) is 5.75 Å². The van der Waals surface area contributed by atoms with Crippen molar-refractivity contribution >= 4 is 39.7 Å². The van der Waals surface area contributed by atoms with Gasteiger partial charge in [0, 0.05) is 24.1 Å². The molecule has 42 heavy (non-hydrogen) atoms. The van der Waals surface area contributed by atoms with Crippen LogP contribution in [0, 0.1) is 5.82 Å². The Morgan fingerprint density at radius 2 is 1.55 bits per heavy atom. The summed E-state index contributed by atoms with van der Waals surface area (Å²) in [6.45, 7) is 0.541. The lowest BCUT2D eigenvalue weighted by molar-refractivity contribution is -0.121. The summed E-state index contributed by atoms with van der Waals surface area (Å²) >= 11 is 1.49. The van der Waals surface area contributed by atoms with Gasteiger partial charge in [-0.25, -0.2) is 9.37 Å². The first-order valence-corrected chi connectivity index (χ1v) is 15.0. The van der Waals surface area contributed by atoms with Gasteiger partial charge >= 0.3 is 0 Å². The van der Waals surface area contributed by atoms with Crippen molar-refractivity contribution < 1.29 is 9.18 Å². The molecule has 4 aromatic carbocycles. The monoisotopic (exact) mass is 575 g/mol. The van der Waals surface area contributed by atoms with Gasteiger partial charge in [-0.15, -0.1) is 10.2 Å². The minimum absolute atomic E-state index is 0.0225. The maximum absolute atomic E-state index is 13.5. The summed E-state index contributed by atoms with van der Waals surface area (Å²) in [5, 5.41) is 13.7. The number of carbonyl (C=O) groups excluding carboxylic acids is 1. The third kappa shape index (κ3) is 6.50. The molecule has 0 saturated heterocycles. The highest BCUT2D eigenvalue weighted by molar-refractivity contribution is 7.99. The van der Waals surface area contributed by atoms with Crippen LogP contribution in [-0.4, -0.2) is 31.4 Å². The standard InChI is InChI=1S/C34H30FN5OS/c35-27-19-17-25(18-20-27)23-40-30-15-8-7-14-28(30)32-33(40)37-34(39-38-32)42-21-9-16-31(41)36-29(26-12-5-2-6-13-26)22-24-10-3-1-4-11-24/h1-8,10-15,17-20,29H,9,16,21-23H2,(H,36,41). The molecule has 1 N–H and O–H groups in total. The smallest absolute Gasteiger partial charge is 0.220 e. The molecule has 2 heterocycles. The van der Waals surface area contributed by atoms with Gasteiger partial charge in [0.15, 0.2) is 5.65 Å². The van der Waals surface area contributed by atoms with Crippen molar-refractivity contribution in [3.63, 3.8) is 0 Å². The van der Waals surface area contributed by atoms with Crippen LogP contribution in [0.15, 0.2) is 114 Å². The van der Waals surface area contributed by atoms with Gasteiger partial charge in [-0.2, -0.15) is 0 Å². The van der Waals surface area contributed by atoms with Gasteiger partial charge in [-0.3, -0.25) is 4.79 Å². The normalized spacial score (nSPS) is 12.0. The predicted molar refractivity (Wildman–Crippen MR) is 166 cm³/mol. The van der Waals surface area contributed by atoms with Gasteiger partial charge in [0.1, 0.15) is 11.3 Å². The zero-order valence-electron chi connectivity index (χ0n) is 23.0. The lowest BCUT2D eigenvalue weighted by atomic mass is 9.98. The number of amides is 1. The van der Waals surface area contributed by atoms with Crippen LogP contribution in [0.25, 0.3) is 22.1 Å². The number of hydrogen-bond acceptors (Lipinski definition) is 5. The van der Waals surface area contributed by atoms with E-state index in [-0.39, 0.29) is 17.8 Å². The van der Waals surface area contributed by atoms with Crippen molar-refractivity contribution in [3.05, 3.63) is 132 Å². The van der Waals surface area contributed by atoms with E-state index in [2.05, 4.69) is 44.3 Å². The van der Waals surface area contributed by atoms with Gasteiger partial charge in [0.2, 0.25) is 11.1 Å². The third-order valence-corrected chi connectivity index (χ3v) is 8.13. The van der Waals surface area contributed by atoms with Gasteiger partial charge in [0.05, 0.1) is 11.6 Å². The summed E-state index contributed by atoms with van der Waals surface area (Å²) < 4.78 is 15.6. The Labute approximate surface area is 248 Å². The molecule has 0 radical (unpaired) electrons. The fourth-order valence-corrected chi connectivity index (χ4v) is 5.85. The molecule has 1 unspecified atom stereocenters. The number of aromatic nitrogens is 4. The molecule has 0 fully saturated rings. The highest BCUT2D eigenvalue weighted by Gasteiger charge is 2.17. The minimum Gasteiger partial charge on any atom is -0.349 e. The number of rotatable bonds is 11. The Balaban J connectivity index is 1.11. The summed E-state index contributed by atoms with van der Waals surface area (Å²) in [6.07, 6.45) is 1.83. The second-order valence-corrected chi connectivity index (χ2v) is 11.2. The molecule has 0 aliphatic carbocycles. The lowest BCUT2D eigenvalue weighted by Gasteiger charge is -2.19. The SMILES string of the molecule is O=C(CCCSc1nnc2c3ccccc3n(Cc3ccc(F)cc3)c2n1)NC(Cc1ccccc1)c1ccccc1. The largest absolute Gasteiger partial charge is 0.349 e. The number of fused-ring (bicyclic) bond motifs is 3. The highest BCUT2D eigenvalue weighted by Crippen LogP contribution is 2.28. The van der Waals surface area contributed by atoms with Crippen molar-refractivity contribution in [2.45, 2.75) is 37.0 Å². The van der Waals surface area contributed by atoms with Crippen molar-refractivity contribution in [1.82, 2.24) is 25.1 Å². The number of benzene rings is 4. The first kappa shape index (κ1) is 27.6. The second-order valence-electron chi connectivity index (χ2n) is 10.2. The van der Waals surface area contributed by atoms with Crippen molar-refractivity contribution in [2.24, 2.45) is 0 Å². The van der Waals surface area contributed by atoms with E-state index in [9.17, 15) is 9.18 Å². The minimum atomic E-state index is -0.260. The Hall–Kier alpha value is -4.56. The van der Waals surface area contributed by atoms with E-state index in [1.807, 2.05) is 60.7 Å². The first-order valence-electron chi connectivity index (χ1n) is 14.0. The number of para-hydroxylation sites is 1. The summed E-state index contributed by atoms with van der Waals surface area (Å²) in [7, 11) is 0. The quantitative estimate of drug-likeness (QED) is 0.131. The molecule has 6 aromatic rings. The third-order valence-electron chi connectivity index (χ3n) is 7.21. The van der Waals surface area contributed by atoms with Crippen LogP contribution < -0.4 is 5.32 Å². The average Bonchev–Trinajstić information content (AvgIpc) is 3.33. The van der Waals surface area contributed by atoms with Crippen LogP contribution in [0.1, 0.15) is 35.6 Å². The number of thioether (sulfide) groups is 1. The molecule has 8 heteroatoms. The van der Waals surface area contributed by atoms with Crippen LogP contribution in [0.4, 0.5) is 4.39 Å². The van der Waals surface area contributed by atoms with Gasteiger partial charge in [-0.1, -0.05) is 103 Å². The Bertz CT molecular complexity index is 1790. The number of nitrogens with zero attached hydrogens (tertiary/aromatic N) is 4. The van der Waals surface area contributed by atoms with E-state index >= 15 is 0 Å². The molecule has 1 atom stereocenters. The molecule has 2 aromatic heterocycles. The summed E-state index contributed by atoms with van der Waals surface area (Å²) in [4.78, 5) is 17.8. The average molecular weight is 576 g/mol. The maximum atomic E-state index is 13.5. The summed E-state index contributed by atoms with van der Waals surface area (Å²) in [6, 6.07) is 34.7. The zero-order chi connectivity index (χ0) is 28.7. The number of hydrogen-bond donors (Lipinski definition) is 1. The molecule has 0 aliphatic rings. The zero-order valence-corrected chi connectivity index (χ0v) is 23.8. The topological polar surface area (TPSA) is 72.7 Å². The highest BCUT2D eigenvalue weighted by atomic mass is 32.2. The number of halogens is 1. The summed E-state index contributed by atoms with van der Waals surface area (Å²) in [5.74, 6) is 0.450. The van der Waals surface area contributed by atoms with E-state index in [1.54, 1.807) is 12.1 Å². The van der Waals surface area contributed by atoms with Gasteiger partial charge < -0.3 is 9.88 Å². The van der Waals surface area contributed by atoms with Crippen molar-refractivity contribution in [1.29, 1.82) is 0 Å². The number of nitrogens with one attached hydrogen (secondary N) is 1. The van der Waals surface area contributed by atoms with Crippen LogP contribution >= 0.6 is 11.8 Å². The molecule has 6 nitrogen and oxygen atoms in total. The Kier molecular flexibility index (Phi) is 8.51. The molecule has 1 amide bonds. The van der Waals surface area contributed by atoms with E-state index < -0.39 is 0 Å². The van der Waals surface area contributed by atoms with E-state index in [1.165, 1.54) is 29.5 Å². The van der Waals surface area contributed by atoms with E-state index in [0.717, 1.165) is 39.6 Å². The molecular formula is C34H30FN5OS. The molecule has 210 valence electrons. The second kappa shape index (κ2) is 13.0. The summed E-state index contributed by atoms with van der Waals surface area (Å²) in [5.41, 5.74) is 5.72. The van der Waals surface area contributed by atoms with Crippen LogP contribution in [0.2, 0.25) is 0 Å². The first-order chi connectivity index (χ1) is 20.6. The van der Waals surface area contributed by atoms with Gasteiger partial charge in [0.25, 0.3) is 0 Å².